The first kappa shape index (κ1) is 22.9. The van der Waals surface area contributed by atoms with Crippen LogP contribution in [0.25, 0.3) is 11.1 Å². The summed E-state index contributed by atoms with van der Waals surface area (Å²) in [6.07, 6.45) is 0.168. The first-order chi connectivity index (χ1) is 14.3. The van der Waals surface area contributed by atoms with Gasteiger partial charge in [-0.2, -0.15) is 0 Å². The van der Waals surface area contributed by atoms with E-state index in [-0.39, 0.29) is 31.3 Å². The summed E-state index contributed by atoms with van der Waals surface area (Å²) >= 11 is 4.91. The zero-order valence-electron chi connectivity index (χ0n) is 17.7. The van der Waals surface area contributed by atoms with E-state index in [4.69, 9.17) is 9.47 Å². The number of aryl methyl sites for hydroxylation is 1. The average Bonchev–Trinajstić information content (AvgIpc) is 2.97. The van der Waals surface area contributed by atoms with Gasteiger partial charge in [-0.3, -0.25) is 9.69 Å². The number of amides is 1. The fourth-order valence-electron chi connectivity index (χ4n) is 3.65. The van der Waals surface area contributed by atoms with Crippen LogP contribution >= 0.6 is 27.3 Å². The second kappa shape index (κ2) is 10.0. The SMILES string of the molecule is CCOC(=O)c1c(NC(=O)CN2CC(C)OC(C)C2)sc(Br)c1-c1ccc(C)cc1. The smallest absolute Gasteiger partial charge is 0.341 e. The largest absolute Gasteiger partial charge is 0.462 e. The van der Waals surface area contributed by atoms with Crippen LogP contribution in [0.2, 0.25) is 0 Å². The molecule has 3 rings (SSSR count). The number of nitrogens with one attached hydrogen (secondary N) is 1. The van der Waals surface area contributed by atoms with Crippen LogP contribution in [0.1, 0.15) is 36.7 Å². The Kier molecular flexibility index (Phi) is 7.68. The van der Waals surface area contributed by atoms with E-state index < -0.39 is 5.97 Å². The highest BCUT2D eigenvalue weighted by atomic mass is 79.9. The number of benzene rings is 1. The van der Waals surface area contributed by atoms with Crippen LogP contribution in [0.5, 0.6) is 0 Å². The molecule has 1 N–H and O–H groups in total. The minimum Gasteiger partial charge on any atom is -0.462 e. The topological polar surface area (TPSA) is 67.9 Å². The molecular weight excluding hydrogens is 468 g/mol. The molecule has 1 fully saturated rings. The van der Waals surface area contributed by atoms with Crippen molar-refractivity contribution in [3.63, 3.8) is 0 Å². The Morgan fingerprint density at radius 1 is 1.23 bits per heavy atom. The lowest BCUT2D eigenvalue weighted by Crippen LogP contribution is -2.48. The van der Waals surface area contributed by atoms with E-state index in [2.05, 4.69) is 26.1 Å². The summed E-state index contributed by atoms with van der Waals surface area (Å²) in [6.45, 7) is 9.69. The van der Waals surface area contributed by atoms with Crippen molar-refractivity contribution in [2.75, 3.05) is 31.6 Å². The van der Waals surface area contributed by atoms with Gasteiger partial charge in [-0.05, 0) is 49.2 Å². The zero-order chi connectivity index (χ0) is 21.8. The number of halogens is 1. The summed E-state index contributed by atoms with van der Waals surface area (Å²) in [7, 11) is 0. The molecule has 8 heteroatoms. The standard InChI is InChI=1S/C22H27BrN2O4S/c1-5-28-22(27)19-18(16-8-6-13(2)7-9-16)20(23)30-21(19)24-17(26)12-25-10-14(3)29-15(4)11-25/h6-9,14-15H,5,10-12H2,1-4H3,(H,24,26). The van der Waals surface area contributed by atoms with E-state index in [1.807, 2.05) is 45.0 Å². The van der Waals surface area contributed by atoms with E-state index in [0.29, 0.717) is 23.7 Å². The van der Waals surface area contributed by atoms with Crippen molar-refractivity contribution in [2.45, 2.75) is 39.9 Å². The van der Waals surface area contributed by atoms with E-state index >= 15 is 0 Å². The molecule has 1 aliphatic rings. The van der Waals surface area contributed by atoms with Crippen molar-refractivity contribution in [1.29, 1.82) is 0 Å². The molecule has 1 amide bonds. The molecule has 2 unspecified atom stereocenters. The normalized spacial score (nSPS) is 19.5. The van der Waals surface area contributed by atoms with Gasteiger partial charge in [0, 0.05) is 18.7 Å². The van der Waals surface area contributed by atoms with Crippen LogP contribution in [-0.4, -0.2) is 55.2 Å². The minimum atomic E-state index is -0.445. The number of ether oxygens (including phenoxy) is 2. The number of thiophene rings is 1. The maximum absolute atomic E-state index is 12.8. The van der Waals surface area contributed by atoms with Crippen LogP contribution in [0.3, 0.4) is 0 Å². The molecule has 1 aromatic heterocycles. The first-order valence-corrected chi connectivity index (χ1v) is 11.6. The zero-order valence-corrected chi connectivity index (χ0v) is 20.1. The first-order valence-electron chi connectivity index (χ1n) is 10.0. The van der Waals surface area contributed by atoms with E-state index in [1.54, 1.807) is 6.92 Å². The van der Waals surface area contributed by atoms with Gasteiger partial charge in [0.2, 0.25) is 5.91 Å². The summed E-state index contributed by atoms with van der Waals surface area (Å²) in [6, 6.07) is 7.92. The van der Waals surface area contributed by atoms with Gasteiger partial charge in [0.1, 0.15) is 10.6 Å². The molecular formula is C22H27BrN2O4S. The van der Waals surface area contributed by atoms with Crippen molar-refractivity contribution in [3.05, 3.63) is 39.2 Å². The molecule has 2 atom stereocenters. The van der Waals surface area contributed by atoms with Gasteiger partial charge in [0.25, 0.3) is 0 Å². The van der Waals surface area contributed by atoms with Gasteiger partial charge in [0.05, 0.1) is 29.1 Å². The maximum Gasteiger partial charge on any atom is 0.341 e. The lowest BCUT2D eigenvalue weighted by atomic mass is 10.0. The van der Waals surface area contributed by atoms with Crippen LogP contribution in [-0.2, 0) is 14.3 Å². The number of morpholine rings is 1. The summed E-state index contributed by atoms with van der Waals surface area (Å²) in [5.74, 6) is -0.606. The Bertz CT molecular complexity index is 903. The van der Waals surface area contributed by atoms with Crippen molar-refractivity contribution in [1.82, 2.24) is 4.90 Å². The maximum atomic E-state index is 12.8. The quantitative estimate of drug-likeness (QED) is 0.588. The lowest BCUT2D eigenvalue weighted by Gasteiger charge is -2.34. The summed E-state index contributed by atoms with van der Waals surface area (Å²) < 4.78 is 11.8. The molecule has 30 heavy (non-hydrogen) atoms. The third-order valence-electron chi connectivity index (χ3n) is 4.80. The molecule has 1 aromatic carbocycles. The van der Waals surface area contributed by atoms with Gasteiger partial charge in [0.15, 0.2) is 0 Å². The van der Waals surface area contributed by atoms with E-state index in [1.165, 1.54) is 11.3 Å². The van der Waals surface area contributed by atoms with Crippen molar-refractivity contribution in [3.8, 4) is 11.1 Å². The van der Waals surface area contributed by atoms with Crippen molar-refractivity contribution in [2.24, 2.45) is 0 Å². The summed E-state index contributed by atoms with van der Waals surface area (Å²) in [4.78, 5) is 27.6. The number of hydrogen-bond donors (Lipinski definition) is 1. The number of hydrogen-bond acceptors (Lipinski definition) is 6. The molecule has 162 valence electrons. The average molecular weight is 495 g/mol. The van der Waals surface area contributed by atoms with Crippen LogP contribution in [0.15, 0.2) is 28.1 Å². The number of anilines is 1. The van der Waals surface area contributed by atoms with Crippen molar-refractivity contribution < 1.29 is 19.1 Å². The predicted molar refractivity (Wildman–Crippen MR) is 123 cm³/mol. The lowest BCUT2D eigenvalue weighted by molar-refractivity contribution is -0.121. The molecule has 0 radical (unpaired) electrons. The molecule has 2 heterocycles. The molecule has 1 aliphatic heterocycles. The van der Waals surface area contributed by atoms with Crippen molar-refractivity contribution >= 4 is 44.1 Å². The van der Waals surface area contributed by atoms with Gasteiger partial charge < -0.3 is 14.8 Å². The molecule has 1 saturated heterocycles. The Hall–Kier alpha value is -1.74. The predicted octanol–water partition coefficient (Wildman–Crippen LogP) is 4.71. The molecule has 2 aromatic rings. The number of carbonyl (C=O) groups excluding carboxylic acids is 2. The Balaban J connectivity index is 1.86. The van der Waals surface area contributed by atoms with Crippen LogP contribution in [0, 0.1) is 6.92 Å². The second-order valence-corrected chi connectivity index (χ2v) is 9.88. The van der Waals surface area contributed by atoms with Gasteiger partial charge in [-0.25, -0.2) is 4.79 Å². The number of esters is 1. The molecule has 0 bridgehead atoms. The van der Waals surface area contributed by atoms with E-state index in [0.717, 1.165) is 20.5 Å². The Labute approximate surface area is 189 Å². The van der Waals surface area contributed by atoms with Gasteiger partial charge in [-0.15, -0.1) is 11.3 Å². The van der Waals surface area contributed by atoms with Crippen LogP contribution in [0.4, 0.5) is 5.00 Å². The van der Waals surface area contributed by atoms with Gasteiger partial charge >= 0.3 is 5.97 Å². The highest BCUT2D eigenvalue weighted by Crippen LogP contribution is 2.44. The Morgan fingerprint density at radius 2 is 1.87 bits per heavy atom. The fourth-order valence-corrected chi connectivity index (χ4v) is 5.52. The molecule has 0 aliphatic carbocycles. The highest BCUT2D eigenvalue weighted by molar-refractivity contribution is 9.11. The molecule has 0 saturated carbocycles. The third kappa shape index (κ3) is 5.49. The monoisotopic (exact) mass is 494 g/mol. The van der Waals surface area contributed by atoms with E-state index in [9.17, 15) is 9.59 Å². The summed E-state index contributed by atoms with van der Waals surface area (Å²) in [5, 5.41) is 3.43. The van der Waals surface area contributed by atoms with Gasteiger partial charge in [-0.1, -0.05) is 29.8 Å². The third-order valence-corrected chi connectivity index (χ3v) is 6.58. The Morgan fingerprint density at radius 3 is 2.47 bits per heavy atom. The number of rotatable bonds is 6. The molecule has 6 nitrogen and oxygen atoms in total. The number of carbonyl (C=O) groups is 2. The summed E-state index contributed by atoms with van der Waals surface area (Å²) in [5.41, 5.74) is 3.14. The highest BCUT2D eigenvalue weighted by Gasteiger charge is 2.28. The minimum absolute atomic E-state index is 0.0839. The van der Waals surface area contributed by atoms with Crippen LogP contribution < -0.4 is 5.32 Å². The molecule has 0 spiro atoms. The number of nitrogens with zero attached hydrogens (tertiary/aromatic N) is 1. The fraction of sp³-hybridized carbons (Fsp3) is 0.455. The second-order valence-electron chi connectivity index (χ2n) is 7.54.